The molecule has 0 bridgehead atoms. The third-order valence-electron chi connectivity index (χ3n) is 2.75. The summed E-state index contributed by atoms with van der Waals surface area (Å²) >= 11 is 0.0419. The summed E-state index contributed by atoms with van der Waals surface area (Å²) in [7, 11) is -6.00. The van der Waals surface area contributed by atoms with Crippen LogP contribution in [0.1, 0.15) is 18.9 Å². The fraction of sp³-hybridized carbons (Fsp3) is 0.176. The first kappa shape index (κ1) is 19.7. The monoisotopic (exact) mass is 436 g/mol. The number of rotatable bonds is 5. The SMILES string of the molecule is C/C(=C\[I+]c1ccccc1)CCc1ccccc1.F[B-](F)(F)F. The third kappa shape index (κ3) is 11.9. The Morgan fingerprint density at radius 1 is 0.913 bits per heavy atom. The van der Waals surface area contributed by atoms with Crippen molar-refractivity contribution in [2.75, 3.05) is 0 Å². The van der Waals surface area contributed by atoms with Crippen LogP contribution in [-0.2, 0) is 6.42 Å². The standard InChI is InChI=1S/C17H18I.BF4/c1-15(12-13-16-8-4-2-5-9-16)14-18-17-10-6-3-7-11-17;2-1(3,4)5/h2-11,14H,12-13H2,1H3;/q+1;-1/b15-14+;. The molecule has 0 amide bonds. The van der Waals surface area contributed by atoms with E-state index in [1.54, 1.807) is 0 Å². The van der Waals surface area contributed by atoms with Crippen molar-refractivity contribution in [2.24, 2.45) is 0 Å². The molecule has 0 atom stereocenters. The highest BCUT2D eigenvalue weighted by Gasteiger charge is 2.20. The molecule has 23 heavy (non-hydrogen) atoms. The lowest BCUT2D eigenvalue weighted by molar-refractivity contribution is -0.557. The summed E-state index contributed by atoms with van der Waals surface area (Å²) in [6.45, 7) is 2.26. The minimum absolute atomic E-state index is 0.0419. The van der Waals surface area contributed by atoms with Crippen LogP contribution >= 0.6 is 0 Å². The zero-order chi connectivity index (χ0) is 17.1. The predicted molar refractivity (Wildman–Crippen MR) is 83.8 cm³/mol. The van der Waals surface area contributed by atoms with Crippen molar-refractivity contribution < 1.29 is 38.5 Å². The quantitative estimate of drug-likeness (QED) is 0.385. The van der Waals surface area contributed by atoms with Crippen molar-refractivity contribution in [3.63, 3.8) is 0 Å². The summed E-state index contributed by atoms with van der Waals surface area (Å²) in [6, 6.07) is 21.5. The molecule has 0 fully saturated rings. The molecule has 6 heteroatoms. The van der Waals surface area contributed by atoms with Crippen molar-refractivity contribution in [2.45, 2.75) is 19.8 Å². The summed E-state index contributed by atoms with van der Waals surface area (Å²) in [5, 5.41) is 0. The maximum absolute atomic E-state index is 9.75. The highest BCUT2D eigenvalue weighted by Crippen LogP contribution is 2.07. The molecule has 0 saturated heterocycles. The van der Waals surface area contributed by atoms with Crippen LogP contribution in [0.5, 0.6) is 0 Å². The second kappa shape index (κ2) is 10.5. The van der Waals surface area contributed by atoms with Gasteiger partial charge in [0.25, 0.3) is 0 Å². The fourth-order valence-electron chi connectivity index (χ4n) is 1.68. The van der Waals surface area contributed by atoms with E-state index in [0.717, 1.165) is 6.42 Å². The summed E-state index contributed by atoms with van der Waals surface area (Å²) in [4.78, 5) is 0. The molecule has 0 radical (unpaired) electrons. The Bertz CT molecular complexity index is 577. The smallest absolute Gasteiger partial charge is 0.418 e. The van der Waals surface area contributed by atoms with Gasteiger partial charge in [0.15, 0.2) is 7.65 Å². The molecule has 0 unspecified atom stereocenters. The Balaban J connectivity index is 0.000000463. The van der Waals surface area contributed by atoms with E-state index in [1.165, 1.54) is 21.1 Å². The molecule has 0 aliphatic heterocycles. The maximum atomic E-state index is 9.75. The molecule has 0 heterocycles. The van der Waals surface area contributed by atoms with Crippen LogP contribution in [0.15, 0.2) is 70.3 Å². The highest BCUT2D eigenvalue weighted by atomic mass is 127. The van der Waals surface area contributed by atoms with Gasteiger partial charge in [-0.25, -0.2) is 0 Å². The van der Waals surface area contributed by atoms with Crippen LogP contribution in [0.4, 0.5) is 17.3 Å². The summed E-state index contributed by atoms with van der Waals surface area (Å²) < 4.78 is 43.0. The van der Waals surface area contributed by atoms with Crippen LogP contribution in [0.3, 0.4) is 0 Å². The van der Waals surface area contributed by atoms with E-state index < -0.39 is 7.25 Å². The van der Waals surface area contributed by atoms with Crippen LogP contribution in [0.2, 0.25) is 0 Å². The molecule has 0 N–H and O–H groups in total. The average Bonchev–Trinajstić information content (AvgIpc) is 2.51. The minimum atomic E-state index is -6.00. The highest BCUT2D eigenvalue weighted by molar-refractivity contribution is 6.50. The van der Waals surface area contributed by atoms with Crippen molar-refractivity contribution in [1.82, 2.24) is 0 Å². The first-order valence-corrected chi connectivity index (χ1v) is 9.42. The summed E-state index contributed by atoms with van der Waals surface area (Å²) in [5.41, 5.74) is 2.96. The van der Waals surface area contributed by atoms with E-state index in [4.69, 9.17) is 0 Å². The van der Waals surface area contributed by atoms with Crippen LogP contribution in [-0.4, -0.2) is 7.25 Å². The average molecular weight is 436 g/mol. The molecule has 0 saturated carbocycles. The van der Waals surface area contributed by atoms with Gasteiger partial charge >= 0.3 is 28.5 Å². The van der Waals surface area contributed by atoms with Crippen LogP contribution in [0.25, 0.3) is 0 Å². The van der Waals surface area contributed by atoms with Crippen molar-refractivity contribution >= 4 is 7.25 Å². The molecule has 2 rings (SSSR count). The summed E-state index contributed by atoms with van der Waals surface area (Å²) in [6.07, 6.45) is 2.33. The van der Waals surface area contributed by atoms with Crippen molar-refractivity contribution in [1.29, 1.82) is 0 Å². The Kier molecular flexibility index (Phi) is 8.98. The van der Waals surface area contributed by atoms with E-state index in [9.17, 15) is 17.3 Å². The summed E-state index contributed by atoms with van der Waals surface area (Å²) in [5.74, 6) is 0. The molecule has 0 spiro atoms. The molecular weight excluding hydrogens is 418 g/mol. The van der Waals surface area contributed by atoms with Crippen LogP contribution in [0, 0.1) is 3.57 Å². The fourth-order valence-corrected chi connectivity index (χ4v) is 3.72. The predicted octanol–water partition coefficient (Wildman–Crippen LogP) is 2.78. The van der Waals surface area contributed by atoms with E-state index in [0.29, 0.717) is 0 Å². The Morgan fingerprint density at radius 2 is 1.39 bits per heavy atom. The Morgan fingerprint density at radius 3 is 1.91 bits per heavy atom. The third-order valence-corrected chi connectivity index (χ3v) is 5.56. The van der Waals surface area contributed by atoms with Gasteiger partial charge in [-0.05, 0) is 43.0 Å². The number of halogens is 5. The Hall–Kier alpha value is -1.31. The minimum Gasteiger partial charge on any atom is -0.418 e. The maximum Gasteiger partial charge on any atom is 0.673 e. The van der Waals surface area contributed by atoms with E-state index >= 15 is 0 Å². The van der Waals surface area contributed by atoms with Gasteiger partial charge < -0.3 is 17.3 Å². The lowest BCUT2D eigenvalue weighted by Gasteiger charge is -1.99. The zero-order valence-corrected chi connectivity index (χ0v) is 14.9. The molecule has 124 valence electrons. The van der Waals surface area contributed by atoms with Crippen LogP contribution < -0.4 is 21.2 Å². The van der Waals surface area contributed by atoms with E-state index in [1.807, 2.05) is 0 Å². The first-order valence-electron chi connectivity index (χ1n) is 7.10. The van der Waals surface area contributed by atoms with E-state index in [-0.39, 0.29) is 21.2 Å². The van der Waals surface area contributed by atoms with Gasteiger partial charge in [-0.3, -0.25) is 0 Å². The number of allylic oxidation sites excluding steroid dienone is 1. The second-order valence-electron chi connectivity index (χ2n) is 4.84. The lowest BCUT2D eigenvalue weighted by atomic mass is 10.1. The lowest BCUT2D eigenvalue weighted by Crippen LogP contribution is -3.59. The van der Waals surface area contributed by atoms with Gasteiger partial charge in [0.2, 0.25) is 0 Å². The van der Waals surface area contributed by atoms with Gasteiger partial charge in [0, 0.05) is 0 Å². The second-order valence-corrected chi connectivity index (χ2v) is 7.33. The number of benzene rings is 2. The normalized spacial score (nSPS) is 11.6. The van der Waals surface area contributed by atoms with Gasteiger partial charge in [0.1, 0.15) is 0 Å². The van der Waals surface area contributed by atoms with Gasteiger partial charge in [-0.1, -0.05) is 48.5 Å². The zero-order valence-electron chi connectivity index (χ0n) is 12.7. The topological polar surface area (TPSA) is 0 Å². The Labute approximate surface area is 145 Å². The van der Waals surface area contributed by atoms with Crippen molar-refractivity contribution in [3.05, 3.63) is 79.5 Å². The first-order chi connectivity index (χ1) is 10.8. The van der Waals surface area contributed by atoms with Gasteiger partial charge in [0.05, 0.1) is 0 Å². The van der Waals surface area contributed by atoms with Gasteiger partial charge in [-0.2, -0.15) is 0 Å². The molecule has 2 aromatic rings. The van der Waals surface area contributed by atoms with E-state index in [2.05, 4.69) is 71.7 Å². The molecule has 2 aromatic carbocycles. The van der Waals surface area contributed by atoms with Crippen molar-refractivity contribution in [3.8, 4) is 0 Å². The number of hydrogen-bond donors (Lipinski definition) is 0. The largest absolute Gasteiger partial charge is 0.673 e. The molecular formula is C17H18BF4I. The molecule has 0 aliphatic rings. The molecule has 0 aliphatic carbocycles. The van der Waals surface area contributed by atoms with Gasteiger partial charge in [-0.15, -0.1) is 0 Å². The number of aryl methyl sites for hydroxylation is 1. The number of hydrogen-bond acceptors (Lipinski definition) is 0. The molecule has 0 aromatic heterocycles. The molecule has 0 nitrogen and oxygen atoms in total.